The minimum absolute atomic E-state index is 0.000559. The van der Waals surface area contributed by atoms with E-state index in [1.807, 2.05) is 6.92 Å². The number of nitrogens with two attached hydrogens (primary N) is 3. The van der Waals surface area contributed by atoms with E-state index >= 15 is 0 Å². The molecule has 19 nitrogen and oxygen atoms in total. The lowest BCUT2D eigenvalue weighted by Crippen LogP contribution is -2.71. The molecule has 3 amide bonds. The Labute approximate surface area is 263 Å². The highest BCUT2D eigenvalue weighted by Gasteiger charge is 2.55. The highest BCUT2D eigenvalue weighted by atomic mass is 32.2. The van der Waals surface area contributed by atoms with Crippen LogP contribution in [0.25, 0.3) is 0 Å². The van der Waals surface area contributed by atoms with Crippen LogP contribution in [0.2, 0.25) is 0 Å². The number of rotatable bonds is 13. The smallest absolute Gasteiger partial charge is 0.352 e. The van der Waals surface area contributed by atoms with E-state index in [0.29, 0.717) is 17.8 Å². The fourth-order valence-electron chi connectivity index (χ4n) is 4.41. The quantitative estimate of drug-likeness (QED) is 0.0533. The molecule has 1 saturated heterocycles. The van der Waals surface area contributed by atoms with Crippen LogP contribution in [0.3, 0.4) is 0 Å². The molecule has 2 aromatic heterocycles. The van der Waals surface area contributed by atoms with Crippen molar-refractivity contribution in [2.75, 3.05) is 29.1 Å². The number of nitrogens with zero attached hydrogens (tertiary/aromatic N) is 6. The van der Waals surface area contributed by atoms with E-state index < -0.39 is 46.5 Å². The van der Waals surface area contributed by atoms with Gasteiger partial charge in [-0.1, -0.05) is 5.16 Å². The average Bonchev–Trinajstić information content (AvgIpc) is 3.52. The third kappa shape index (κ3) is 6.68. The number of oxime groups is 1. The van der Waals surface area contributed by atoms with Crippen molar-refractivity contribution in [2.45, 2.75) is 57.3 Å². The SMILES string of the molecule is CCn1c(N)c(NC(=O)CCN)c[n+]1CC1=C(C(=O)O)N2C(=O)[C@@H](NC(=O)/C(=N\OC(C)(C)C(=O)O)c3nsc(N)n3)[C@H]2SC1. The van der Waals surface area contributed by atoms with Gasteiger partial charge in [0.05, 0.1) is 6.54 Å². The monoisotopic (exact) mass is 666 g/mol. The Hall–Kier alpha value is -4.76. The van der Waals surface area contributed by atoms with Crippen LogP contribution in [0.15, 0.2) is 22.6 Å². The number of β-lactam (4-membered cyclic amide) rings is 1. The first kappa shape index (κ1) is 33.1. The Morgan fingerprint density at radius 2 is 1.98 bits per heavy atom. The average molecular weight is 667 g/mol. The molecule has 10 N–H and O–H groups in total. The summed E-state index contributed by atoms with van der Waals surface area (Å²) in [6.45, 7) is 4.84. The number of aromatic nitrogens is 4. The maximum atomic E-state index is 13.3. The highest BCUT2D eigenvalue weighted by molar-refractivity contribution is 8.00. The fraction of sp³-hybridized carbons (Fsp3) is 0.458. The first-order valence-corrected chi connectivity index (χ1v) is 15.2. The number of fused-ring (bicyclic) bond motifs is 1. The number of nitrogens with one attached hydrogen (secondary N) is 2. The van der Waals surface area contributed by atoms with Crippen LogP contribution in [-0.2, 0) is 41.9 Å². The van der Waals surface area contributed by atoms with Crippen molar-refractivity contribution in [3.63, 3.8) is 0 Å². The molecular formula is C24H32N11O8S2+. The van der Waals surface area contributed by atoms with Crippen molar-refractivity contribution < 1.29 is 43.7 Å². The number of carbonyl (C=O) groups excluding carboxylic acids is 3. The Bertz CT molecular complexity index is 1620. The molecular weight excluding hydrogens is 634 g/mol. The van der Waals surface area contributed by atoms with Crippen molar-refractivity contribution in [3.8, 4) is 0 Å². The van der Waals surface area contributed by atoms with Crippen LogP contribution in [0.5, 0.6) is 0 Å². The van der Waals surface area contributed by atoms with Crippen LogP contribution < -0.4 is 32.5 Å². The Kier molecular flexibility index (Phi) is 9.63. The van der Waals surface area contributed by atoms with Gasteiger partial charge < -0.3 is 42.9 Å². The predicted molar refractivity (Wildman–Crippen MR) is 160 cm³/mol. The largest absolute Gasteiger partial charge is 0.478 e. The van der Waals surface area contributed by atoms with E-state index in [4.69, 9.17) is 22.0 Å². The van der Waals surface area contributed by atoms with E-state index in [1.54, 1.807) is 15.6 Å². The molecule has 0 aromatic carbocycles. The Morgan fingerprint density at radius 3 is 2.56 bits per heavy atom. The topological polar surface area (TPSA) is 287 Å². The molecule has 2 aliphatic rings. The molecule has 2 aliphatic heterocycles. The van der Waals surface area contributed by atoms with E-state index in [-0.39, 0.29) is 53.6 Å². The molecule has 0 spiro atoms. The van der Waals surface area contributed by atoms with E-state index in [9.17, 15) is 34.2 Å². The van der Waals surface area contributed by atoms with Gasteiger partial charge in [-0.05, 0) is 20.8 Å². The Balaban J connectivity index is 1.57. The van der Waals surface area contributed by atoms with Crippen LogP contribution in [0.4, 0.5) is 16.6 Å². The zero-order chi connectivity index (χ0) is 33.2. The van der Waals surface area contributed by atoms with E-state index in [0.717, 1.165) is 16.4 Å². The molecule has 0 unspecified atom stereocenters. The molecule has 2 aromatic rings. The molecule has 45 heavy (non-hydrogen) atoms. The first-order chi connectivity index (χ1) is 21.2. The van der Waals surface area contributed by atoms with Crippen LogP contribution in [0, 0.1) is 0 Å². The summed E-state index contributed by atoms with van der Waals surface area (Å²) >= 11 is 1.98. The number of carbonyl (C=O) groups is 5. The lowest BCUT2D eigenvalue weighted by atomic mass is 10.0. The van der Waals surface area contributed by atoms with Gasteiger partial charge in [0.15, 0.2) is 23.2 Å². The maximum absolute atomic E-state index is 13.3. The molecule has 0 bridgehead atoms. The van der Waals surface area contributed by atoms with Crippen LogP contribution >= 0.6 is 23.3 Å². The van der Waals surface area contributed by atoms with Crippen molar-refractivity contribution in [1.82, 2.24) is 24.3 Å². The molecule has 1 fully saturated rings. The van der Waals surface area contributed by atoms with Gasteiger partial charge in [0.25, 0.3) is 11.8 Å². The lowest BCUT2D eigenvalue weighted by molar-refractivity contribution is -0.767. The minimum atomic E-state index is -1.82. The van der Waals surface area contributed by atoms with Gasteiger partial charge in [0.2, 0.25) is 29.2 Å². The van der Waals surface area contributed by atoms with Gasteiger partial charge >= 0.3 is 11.9 Å². The standard InChI is InChI=1S/C24H31N11O8S2/c1-4-34-16(26)11(28-12(36)5-6-25)8-33(34)7-10-9-44-20-14(19(38)35(20)15(10)21(39)40)29-18(37)13(17-30-23(27)45-32-17)31-43-24(2,3)22(41)42/h8,14,20,26H,4-7,9,25H2,1-3H3,(H6,27,28,29,30,32,36,37,39,40,41,42)/p+1/b31-13-/t14-,20-/m1/s1. The molecule has 242 valence electrons. The highest BCUT2D eigenvalue weighted by Crippen LogP contribution is 2.40. The zero-order valence-corrected chi connectivity index (χ0v) is 26.0. The van der Waals surface area contributed by atoms with Gasteiger partial charge in [-0.2, -0.15) is 9.36 Å². The summed E-state index contributed by atoms with van der Waals surface area (Å²) in [4.78, 5) is 72.6. The Morgan fingerprint density at radius 1 is 1.27 bits per heavy atom. The zero-order valence-electron chi connectivity index (χ0n) is 24.3. The van der Waals surface area contributed by atoms with E-state index in [1.165, 1.54) is 25.6 Å². The molecule has 4 heterocycles. The number of carboxylic acid groups (broad SMARTS) is 2. The molecule has 4 rings (SSSR count). The maximum Gasteiger partial charge on any atom is 0.352 e. The summed E-state index contributed by atoms with van der Waals surface area (Å²) in [6, 6.07) is -1.15. The normalized spacial score (nSPS) is 18.3. The predicted octanol–water partition coefficient (Wildman–Crippen LogP) is -1.88. The summed E-state index contributed by atoms with van der Waals surface area (Å²) in [5.41, 5.74) is 15.4. The number of anilines is 3. The number of amides is 3. The number of hydrogen-bond acceptors (Lipinski definition) is 14. The summed E-state index contributed by atoms with van der Waals surface area (Å²) < 4.78 is 7.22. The molecule has 0 saturated carbocycles. The molecule has 21 heteroatoms. The summed E-state index contributed by atoms with van der Waals surface area (Å²) in [7, 11) is 0. The first-order valence-electron chi connectivity index (χ1n) is 13.4. The van der Waals surface area contributed by atoms with Gasteiger partial charge in [-0.15, -0.1) is 21.1 Å². The van der Waals surface area contributed by atoms with Gasteiger partial charge in [-0.25, -0.2) is 9.59 Å². The molecule has 2 atom stereocenters. The van der Waals surface area contributed by atoms with Gasteiger partial charge in [0.1, 0.15) is 17.1 Å². The molecule has 0 aliphatic carbocycles. The fourth-order valence-corrected chi connectivity index (χ4v) is 6.18. The number of hydrogen-bond donors (Lipinski definition) is 7. The number of nitrogen functional groups attached to an aromatic ring is 2. The van der Waals surface area contributed by atoms with Crippen molar-refractivity contribution in [3.05, 3.63) is 23.3 Å². The third-order valence-corrected chi connectivity index (χ3v) is 8.61. The number of thioether (sulfide) groups is 1. The van der Waals surface area contributed by atoms with E-state index in [2.05, 4.69) is 25.1 Å². The van der Waals surface area contributed by atoms with Crippen molar-refractivity contribution >= 4 is 75.3 Å². The second-order valence-corrected chi connectivity index (χ2v) is 12.1. The summed E-state index contributed by atoms with van der Waals surface area (Å²) in [6.07, 6.45) is 1.66. The van der Waals surface area contributed by atoms with Crippen molar-refractivity contribution in [1.29, 1.82) is 0 Å². The second kappa shape index (κ2) is 13.1. The van der Waals surface area contributed by atoms with Gasteiger partial charge in [-0.3, -0.25) is 19.3 Å². The summed E-state index contributed by atoms with van der Waals surface area (Å²) in [5.74, 6) is -4.50. The van der Waals surface area contributed by atoms with Crippen molar-refractivity contribution in [2.24, 2.45) is 10.9 Å². The van der Waals surface area contributed by atoms with Crippen LogP contribution in [0.1, 0.15) is 33.0 Å². The third-order valence-electron chi connectivity index (χ3n) is 6.73. The van der Waals surface area contributed by atoms with Crippen LogP contribution in [-0.4, -0.2) is 93.8 Å². The minimum Gasteiger partial charge on any atom is -0.478 e. The second-order valence-electron chi connectivity index (χ2n) is 10.2. The number of aliphatic carboxylic acids is 2. The lowest BCUT2D eigenvalue weighted by Gasteiger charge is -2.49. The molecule has 0 radical (unpaired) electrons. The number of carboxylic acids is 2. The van der Waals surface area contributed by atoms with Gasteiger partial charge in [0, 0.05) is 35.8 Å². The summed E-state index contributed by atoms with van der Waals surface area (Å²) in [5, 5.41) is 27.5.